The molecule has 92 valence electrons. The molecule has 0 unspecified atom stereocenters. The molecule has 0 N–H and O–H groups in total. The van der Waals surface area contributed by atoms with E-state index in [9.17, 15) is 0 Å². The second-order valence-corrected chi connectivity index (χ2v) is 5.55. The van der Waals surface area contributed by atoms with Crippen LogP contribution in [-0.4, -0.2) is 0 Å². The minimum atomic E-state index is 0. The van der Waals surface area contributed by atoms with Crippen molar-refractivity contribution in [1.82, 2.24) is 0 Å². The fourth-order valence-electron chi connectivity index (χ4n) is 2.80. The van der Waals surface area contributed by atoms with E-state index in [1.165, 1.54) is 64.2 Å². The van der Waals surface area contributed by atoms with Gasteiger partial charge in [0.1, 0.15) is 0 Å². The van der Waals surface area contributed by atoms with Crippen molar-refractivity contribution in [2.75, 3.05) is 0 Å². The van der Waals surface area contributed by atoms with Gasteiger partial charge in [0, 0.05) is 17.1 Å². The zero-order chi connectivity index (χ0) is 10.2. The molecular formula is C14H28Fe. The van der Waals surface area contributed by atoms with E-state index in [0.29, 0.717) is 0 Å². The summed E-state index contributed by atoms with van der Waals surface area (Å²) < 4.78 is 0. The maximum absolute atomic E-state index is 2.33. The normalized spacial score (nSPS) is 21.0. The van der Waals surface area contributed by atoms with Gasteiger partial charge in [-0.25, -0.2) is 0 Å². The third-order valence-corrected chi connectivity index (χ3v) is 3.53. The number of hydrogen-bond donors (Lipinski definition) is 0. The molecule has 0 aliphatic heterocycles. The Morgan fingerprint density at radius 1 is 0.800 bits per heavy atom. The quantitative estimate of drug-likeness (QED) is 0.594. The van der Waals surface area contributed by atoms with Crippen molar-refractivity contribution in [1.29, 1.82) is 0 Å². The molecule has 2 saturated carbocycles. The molecule has 0 nitrogen and oxygen atoms in total. The van der Waals surface area contributed by atoms with Crippen LogP contribution in [0.2, 0.25) is 0 Å². The molecule has 0 aromatic rings. The Hall–Kier alpha value is 0.519. The first-order chi connectivity index (χ1) is 6.79. The second kappa shape index (κ2) is 9.72. The van der Waals surface area contributed by atoms with Gasteiger partial charge in [-0.1, -0.05) is 71.6 Å². The van der Waals surface area contributed by atoms with Crippen molar-refractivity contribution in [3.63, 3.8) is 0 Å². The summed E-state index contributed by atoms with van der Waals surface area (Å²) in [6.07, 6.45) is 15.0. The van der Waals surface area contributed by atoms with Gasteiger partial charge in [-0.3, -0.25) is 0 Å². The summed E-state index contributed by atoms with van der Waals surface area (Å²) in [7, 11) is 0. The molecule has 0 aromatic carbocycles. The van der Waals surface area contributed by atoms with Crippen molar-refractivity contribution < 1.29 is 17.1 Å². The first-order valence-corrected chi connectivity index (χ1v) is 6.79. The molecule has 2 fully saturated rings. The molecule has 0 heterocycles. The van der Waals surface area contributed by atoms with Gasteiger partial charge in [-0.15, -0.1) is 0 Å². The molecular weight excluding hydrogens is 224 g/mol. The smallest absolute Gasteiger partial charge is 0 e. The molecule has 0 radical (unpaired) electrons. The standard InChI is InChI=1S/C9H18.C5H10.Fe/c1-8(2)7-9-5-3-4-6-9;1-2-4-5-3-1;/h8-9H,3-7H2,1-2H3;1-5H2;. The SMILES string of the molecule is C1CCCC1.CC(C)CC1CCCC1.[Fe]. The minimum absolute atomic E-state index is 0. The Balaban J connectivity index is 0.000000280. The fraction of sp³-hybridized carbons (Fsp3) is 1.00. The molecule has 2 aliphatic rings. The summed E-state index contributed by atoms with van der Waals surface area (Å²) in [4.78, 5) is 0. The summed E-state index contributed by atoms with van der Waals surface area (Å²) in [5.41, 5.74) is 0. The monoisotopic (exact) mass is 252 g/mol. The van der Waals surface area contributed by atoms with Gasteiger partial charge in [0.2, 0.25) is 0 Å². The van der Waals surface area contributed by atoms with Gasteiger partial charge in [0.05, 0.1) is 0 Å². The molecule has 2 rings (SSSR count). The van der Waals surface area contributed by atoms with Crippen LogP contribution in [0.15, 0.2) is 0 Å². The second-order valence-electron chi connectivity index (χ2n) is 5.55. The van der Waals surface area contributed by atoms with Gasteiger partial charge in [-0.2, -0.15) is 0 Å². The summed E-state index contributed by atoms with van der Waals surface area (Å²) in [5.74, 6) is 2.01. The van der Waals surface area contributed by atoms with Gasteiger partial charge in [0.25, 0.3) is 0 Å². The number of rotatable bonds is 2. The zero-order valence-corrected chi connectivity index (χ0v) is 11.7. The van der Waals surface area contributed by atoms with Gasteiger partial charge in [0.15, 0.2) is 0 Å². The Morgan fingerprint density at radius 3 is 1.53 bits per heavy atom. The Labute approximate surface area is 107 Å². The average Bonchev–Trinajstić information content (AvgIpc) is 2.75. The summed E-state index contributed by atoms with van der Waals surface area (Å²) in [6, 6.07) is 0. The summed E-state index contributed by atoms with van der Waals surface area (Å²) in [6.45, 7) is 4.66. The summed E-state index contributed by atoms with van der Waals surface area (Å²) >= 11 is 0. The van der Waals surface area contributed by atoms with E-state index in [0.717, 1.165) is 11.8 Å². The molecule has 0 saturated heterocycles. The van der Waals surface area contributed by atoms with Crippen LogP contribution in [0.4, 0.5) is 0 Å². The van der Waals surface area contributed by atoms with Gasteiger partial charge < -0.3 is 0 Å². The fourth-order valence-corrected chi connectivity index (χ4v) is 2.80. The predicted molar refractivity (Wildman–Crippen MR) is 64.5 cm³/mol. The van der Waals surface area contributed by atoms with Gasteiger partial charge >= 0.3 is 0 Å². The van der Waals surface area contributed by atoms with E-state index in [1.807, 2.05) is 0 Å². The zero-order valence-electron chi connectivity index (χ0n) is 10.6. The van der Waals surface area contributed by atoms with Crippen LogP contribution in [0.1, 0.15) is 78.1 Å². The first kappa shape index (κ1) is 15.5. The maximum atomic E-state index is 2.33. The molecule has 15 heavy (non-hydrogen) atoms. The van der Waals surface area contributed by atoms with Crippen molar-refractivity contribution in [3.05, 3.63) is 0 Å². The molecule has 0 atom stereocenters. The third kappa shape index (κ3) is 8.34. The average molecular weight is 252 g/mol. The van der Waals surface area contributed by atoms with Gasteiger partial charge in [-0.05, 0) is 18.3 Å². The van der Waals surface area contributed by atoms with Crippen molar-refractivity contribution in [3.8, 4) is 0 Å². The summed E-state index contributed by atoms with van der Waals surface area (Å²) in [5, 5.41) is 0. The molecule has 1 heteroatoms. The van der Waals surface area contributed by atoms with Crippen molar-refractivity contribution in [2.45, 2.75) is 78.1 Å². The topological polar surface area (TPSA) is 0 Å². The van der Waals surface area contributed by atoms with Crippen molar-refractivity contribution in [2.24, 2.45) is 11.8 Å². The van der Waals surface area contributed by atoms with E-state index in [4.69, 9.17) is 0 Å². The maximum Gasteiger partial charge on any atom is 0 e. The van der Waals surface area contributed by atoms with E-state index in [1.54, 1.807) is 0 Å². The van der Waals surface area contributed by atoms with Crippen LogP contribution in [0, 0.1) is 11.8 Å². The first-order valence-electron chi connectivity index (χ1n) is 6.79. The largest absolute Gasteiger partial charge is 0.0628 e. The molecule has 2 aliphatic carbocycles. The molecule has 0 aromatic heterocycles. The van der Waals surface area contributed by atoms with E-state index < -0.39 is 0 Å². The van der Waals surface area contributed by atoms with Crippen LogP contribution < -0.4 is 0 Å². The third-order valence-electron chi connectivity index (χ3n) is 3.53. The molecule has 0 bridgehead atoms. The molecule has 0 amide bonds. The van der Waals surface area contributed by atoms with E-state index in [-0.39, 0.29) is 17.1 Å². The van der Waals surface area contributed by atoms with Crippen LogP contribution >= 0.6 is 0 Å². The Morgan fingerprint density at radius 2 is 1.20 bits per heavy atom. The van der Waals surface area contributed by atoms with Crippen LogP contribution in [0.5, 0.6) is 0 Å². The van der Waals surface area contributed by atoms with Crippen LogP contribution in [0.25, 0.3) is 0 Å². The van der Waals surface area contributed by atoms with E-state index >= 15 is 0 Å². The molecule has 0 spiro atoms. The predicted octanol–water partition coefficient (Wildman–Crippen LogP) is 5.17. The van der Waals surface area contributed by atoms with E-state index in [2.05, 4.69) is 13.8 Å². The van der Waals surface area contributed by atoms with Crippen LogP contribution in [0.3, 0.4) is 0 Å². The van der Waals surface area contributed by atoms with Crippen LogP contribution in [-0.2, 0) is 17.1 Å². The minimum Gasteiger partial charge on any atom is -0.0628 e. The van der Waals surface area contributed by atoms with Crippen molar-refractivity contribution >= 4 is 0 Å². The Bertz CT molecular complexity index is 114. The number of hydrogen-bond acceptors (Lipinski definition) is 0. The Kier molecular flexibility index (Phi) is 10.1.